The number of aryl methyl sites for hydroxylation is 1. The number of cyclic esters (lactones) is 2. The number of fused-ring (bicyclic) bond motifs is 2. The summed E-state index contributed by atoms with van der Waals surface area (Å²) >= 11 is 0. The summed E-state index contributed by atoms with van der Waals surface area (Å²) in [7, 11) is 1.92. The Kier molecular flexibility index (Phi) is 3.28. The summed E-state index contributed by atoms with van der Waals surface area (Å²) in [6.45, 7) is 0. The molecule has 0 radical (unpaired) electrons. The van der Waals surface area contributed by atoms with Crippen molar-refractivity contribution in [2.45, 2.75) is 0 Å². The molecule has 27 heavy (non-hydrogen) atoms. The molecule has 4 nitrogen and oxygen atoms in total. The molecule has 0 unspecified atom stereocenters. The van der Waals surface area contributed by atoms with Crippen LogP contribution in [0.3, 0.4) is 0 Å². The van der Waals surface area contributed by atoms with Gasteiger partial charge in [-0.3, -0.25) is 0 Å². The molecular weight excluding hydrogens is 338 g/mol. The van der Waals surface area contributed by atoms with Gasteiger partial charge in [-0.2, -0.15) is 0 Å². The molecule has 1 aliphatic heterocycles. The quantitative estimate of drug-likeness (QED) is 0.398. The summed E-state index contributed by atoms with van der Waals surface area (Å²) in [6, 6.07) is 21.4. The van der Waals surface area contributed by atoms with Crippen LogP contribution < -0.4 is 0 Å². The molecule has 0 aliphatic carbocycles. The molecule has 0 bridgehead atoms. The molecule has 1 aliphatic rings. The van der Waals surface area contributed by atoms with E-state index in [-0.39, 0.29) is 0 Å². The molecule has 4 heteroatoms. The molecule has 1 aromatic heterocycles. The van der Waals surface area contributed by atoms with Crippen LogP contribution in [0.25, 0.3) is 32.8 Å². The number of para-hydroxylation sites is 1. The molecular formula is C23H15NO3. The molecule has 0 amide bonds. The minimum Gasteiger partial charge on any atom is -0.386 e. The lowest BCUT2D eigenvalue weighted by molar-refractivity contribution is -0.149. The Bertz CT molecular complexity index is 1290. The van der Waals surface area contributed by atoms with Crippen LogP contribution in [0.1, 0.15) is 11.1 Å². The van der Waals surface area contributed by atoms with E-state index in [0.29, 0.717) is 22.3 Å². The molecule has 0 saturated carbocycles. The largest absolute Gasteiger partial charge is 0.386 e. The van der Waals surface area contributed by atoms with Crippen molar-refractivity contribution in [3.8, 4) is 0 Å². The Morgan fingerprint density at radius 2 is 1.33 bits per heavy atom. The summed E-state index contributed by atoms with van der Waals surface area (Å²) in [5, 5.41) is 2.84. The topological polar surface area (TPSA) is 48.3 Å². The van der Waals surface area contributed by atoms with E-state index < -0.39 is 11.9 Å². The number of carbonyl (C=O) groups is 2. The summed E-state index contributed by atoms with van der Waals surface area (Å²) < 4.78 is 6.99. The molecule has 4 aromatic rings. The normalized spacial score (nSPS) is 14.4. The van der Waals surface area contributed by atoms with Gasteiger partial charge in [0.25, 0.3) is 0 Å². The number of benzene rings is 3. The van der Waals surface area contributed by atoms with Crippen molar-refractivity contribution < 1.29 is 14.3 Å². The summed E-state index contributed by atoms with van der Waals surface area (Å²) in [4.78, 5) is 25.3. The smallest absolute Gasteiger partial charge is 0.347 e. The molecule has 0 atom stereocenters. The van der Waals surface area contributed by atoms with Gasteiger partial charge in [-0.25, -0.2) is 9.59 Å². The van der Waals surface area contributed by atoms with Crippen molar-refractivity contribution in [2.24, 2.45) is 7.05 Å². The third kappa shape index (κ3) is 2.23. The Morgan fingerprint density at radius 3 is 2.15 bits per heavy atom. The maximum atomic E-state index is 12.6. The molecule has 0 fully saturated rings. The van der Waals surface area contributed by atoms with Crippen LogP contribution in [0.4, 0.5) is 0 Å². The van der Waals surface area contributed by atoms with Gasteiger partial charge in [0, 0.05) is 29.7 Å². The lowest BCUT2D eigenvalue weighted by Crippen LogP contribution is -2.02. The van der Waals surface area contributed by atoms with E-state index in [0.717, 1.165) is 21.7 Å². The van der Waals surface area contributed by atoms with Gasteiger partial charge in [0.15, 0.2) is 0 Å². The number of aromatic nitrogens is 1. The van der Waals surface area contributed by atoms with Crippen molar-refractivity contribution >= 4 is 44.8 Å². The second kappa shape index (κ2) is 5.68. The van der Waals surface area contributed by atoms with Gasteiger partial charge in [-0.15, -0.1) is 0 Å². The Balaban J connectivity index is 1.88. The predicted molar refractivity (Wildman–Crippen MR) is 105 cm³/mol. The fourth-order valence-corrected chi connectivity index (χ4v) is 3.86. The molecule has 5 rings (SSSR count). The van der Waals surface area contributed by atoms with Crippen LogP contribution in [-0.4, -0.2) is 16.5 Å². The maximum Gasteiger partial charge on any atom is 0.347 e. The van der Waals surface area contributed by atoms with Gasteiger partial charge in [-0.05, 0) is 22.4 Å². The molecule has 2 heterocycles. The van der Waals surface area contributed by atoms with Crippen LogP contribution in [0.2, 0.25) is 0 Å². The SMILES string of the molecule is Cn1cc(C2=C(c3cccc4ccccc34)C(=O)OC2=O)c2ccccc21. The van der Waals surface area contributed by atoms with Gasteiger partial charge >= 0.3 is 11.9 Å². The van der Waals surface area contributed by atoms with E-state index in [2.05, 4.69) is 0 Å². The molecule has 3 aromatic carbocycles. The predicted octanol–water partition coefficient (Wildman–Crippen LogP) is 4.33. The van der Waals surface area contributed by atoms with Crippen LogP contribution in [0.5, 0.6) is 0 Å². The lowest BCUT2D eigenvalue weighted by atomic mass is 9.92. The van der Waals surface area contributed by atoms with E-state index in [4.69, 9.17) is 4.74 Å². The third-order valence-corrected chi connectivity index (χ3v) is 5.07. The van der Waals surface area contributed by atoms with Crippen molar-refractivity contribution in [2.75, 3.05) is 0 Å². The minimum atomic E-state index is -0.598. The highest BCUT2D eigenvalue weighted by Crippen LogP contribution is 2.39. The summed E-state index contributed by atoms with van der Waals surface area (Å²) in [5.41, 5.74) is 3.07. The highest BCUT2D eigenvalue weighted by molar-refractivity contribution is 6.46. The first-order valence-electron chi connectivity index (χ1n) is 8.68. The number of rotatable bonds is 2. The summed E-state index contributed by atoms with van der Waals surface area (Å²) in [6.07, 6.45) is 1.88. The van der Waals surface area contributed by atoms with Crippen LogP contribution >= 0.6 is 0 Å². The van der Waals surface area contributed by atoms with Gasteiger partial charge in [0.2, 0.25) is 0 Å². The van der Waals surface area contributed by atoms with Crippen LogP contribution in [0, 0.1) is 0 Å². The van der Waals surface area contributed by atoms with E-state index in [9.17, 15) is 9.59 Å². The number of esters is 2. The van der Waals surface area contributed by atoms with Crippen molar-refractivity contribution in [1.29, 1.82) is 0 Å². The van der Waals surface area contributed by atoms with Gasteiger partial charge < -0.3 is 9.30 Å². The third-order valence-electron chi connectivity index (χ3n) is 5.07. The van der Waals surface area contributed by atoms with Crippen molar-refractivity contribution in [3.05, 3.63) is 84.1 Å². The Morgan fingerprint density at radius 1 is 0.704 bits per heavy atom. The zero-order chi connectivity index (χ0) is 18.5. The number of ether oxygens (including phenoxy) is 1. The first-order chi connectivity index (χ1) is 13.1. The van der Waals surface area contributed by atoms with Crippen LogP contribution in [-0.2, 0) is 21.4 Å². The molecule has 0 N–H and O–H groups in total. The summed E-state index contributed by atoms with van der Waals surface area (Å²) in [5.74, 6) is -1.20. The zero-order valence-electron chi connectivity index (χ0n) is 14.6. The fraction of sp³-hybridized carbons (Fsp3) is 0.0435. The number of hydrogen-bond donors (Lipinski definition) is 0. The number of carbonyl (C=O) groups excluding carboxylic acids is 2. The van der Waals surface area contributed by atoms with E-state index in [1.807, 2.05) is 84.5 Å². The molecule has 130 valence electrons. The molecule has 0 spiro atoms. The van der Waals surface area contributed by atoms with E-state index >= 15 is 0 Å². The molecule has 0 saturated heterocycles. The van der Waals surface area contributed by atoms with Gasteiger partial charge in [0.05, 0.1) is 11.1 Å². The lowest BCUT2D eigenvalue weighted by Gasteiger charge is -2.07. The van der Waals surface area contributed by atoms with Gasteiger partial charge in [-0.1, -0.05) is 60.7 Å². The second-order valence-electron chi connectivity index (χ2n) is 6.62. The van der Waals surface area contributed by atoms with Gasteiger partial charge in [0.1, 0.15) is 0 Å². The van der Waals surface area contributed by atoms with Crippen LogP contribution in [0.15, 0.2) is 72.9 Å². The minimum absolute atomic E-state index is 0.327. The highest BCUT2D eigenvalue weighted by Gasteiger charge is 2.36. The average molecular weight is 353 g/mol. The fourth-order valence-electron chi connectivity index (χ4n) is 3.86. The van der Waals surface area contributed by atoms with Crippen molar-refractivity contribution in [1.82, 2.24) is 4.57 Å². The standard InChI is InChI=1S/C23H15NO3/c1-24-13-18(16-10-4-5-12-19(16)24)21-20(22(25)27-23(21)26)17-11-6-8-14-7-2-3-9-15(14)17/h2-13H,1H3. The average Bonchev–Trinajstić information content (AvgIpc) is 3.17. The highest BCUT2D eigenvalue weighted by atomic mass is 16.6. The first-order valence-corrected chi connectivity index (χ1v) is 8.68. The van der Waals surface area contributed by atoms with E-state index in [1.165, 1.54) is 0 Å². The van der Waals surface area contributed by atoms with Crippen molar-refractivity contribution in [3.63, 3.8) is 0 Å². The Hall–Kier alpha value is -3.66. The van der Waals surface area contributed by atoms with E-state index in [1.54, 1.807) is 0 Å². The Labute approximate surface area is 155 Å². The second-order valence-corrected chi connectivity index (χ2v) is 6.62. The zero-order valence-corrected chi connectivity index (χ0v) is 14.6. The first kappa shape index (κ1) is 15.6. The monoisotopic (exact) mass is 353 g/mol. The number of hydrogen-bond acceptors (Lipinski definition) is 3. The number of nitrogens with zero attached hydrogens (tertiary/aromatic N) is 1. The maximum absolute atomic E-state index is 12.6.